The summed E-state index contributed by atoms with van der Waals surface area (Å²) in [5.41, 5.74) is 0.0912. The Hall–Kier alpha value is -2.15. The zero-order chi connectivity index (χ0) is 14.0. The largest absolute Gasteiger partial charge is 0.505 e. The maximum Gasteiger partial charge on any atom is 0.311 e. The Morgan fingerprint density at radius 3 is 2.84 bits per heavy atom. The molecule has 0 spiro atoms. The van der Waals surface area contributed by atoms with E-state index in [1.54, 1.807) is 0 Å². The summed E-state index contributed by atoms with van der Waals surface area (Å²) in [6.07, 6.45) is 2.56. The molecular weight excluding hydrogens is 252 g/mol. The molecule has 2 heterocycles. The Morgan fingerprint density at radius 2 is 2.21 bits per heavy atom. The number of carbonyl (C=O) groups excluding carboxylic acids is 1. The molecule has 0 aliphatic carbocycles. The molecule has 1 aliphatic heterocycles. The molecular formula is C12H14N2O5. The van der Waals surface area contributed by atoms with E-state index in [2.05, 4.69) is 4.98 Å². The number of hydrogen-bond donors (Lipinski definition) is 2. The number of carboxylic acids is 1. The van der Waals surface area contributed by atoms with E-state index >= 15 is 0 Å². The molecule has 1 aliphatic rings. The molecule has 0 bridgehead atoms. The Balaban J connectivity index is 2.20. The van der Waals surface area contributed by atoms with Crippen LogP contribution in [0, 0.1) is 5.92 Å². The molecule has 7 heteroatoms. The number of likely N-dealkylation sites (N-methyl/N-ethyl adjacent to an activating group) is 1. The lowest BCUT2D eigenvalue weighted by Crippen LogP contribution is -2.44. The molecule has 0 saturated carbocycles. The summed E-state index contributed by atoms with van der Waals surface area (Å²) in [6.45, 7) is 0.255. The number of amides is 1. The third-order valence-electron chi connectivity index (χ3n) is 3.22. The van der Waals surface area contributed by atoms with Gasteiger partial charge >= 0.3 is 5.97 Å². The second-order valence-electron chi connectivity index (χ2n) is 4.36. The summed E-state index contributed by atoms with van der Waals surface area (Å²) >= 11 is 0. The van der Waals surface area contributed by atoms with Crippen LogP contribution in [0.25, 0.3) is 0 Å². The molecule has 1 saturated heterocycles. The predicted octanol–water partition coefficient (Wildman–Crippen LogP) is -0.0412. The fourth-order valence-electron chi connectivity index (χ4n) is 2.07. The van der Waals surface area contributed by atoms with E-state index in [1.165, 1.54) is 30.4 Å². The highest BCUT2D eigenvalue weighted by Gasteiger charge is 2.39. The molecule has 0 aromatic carbocycles. The standard InChI is InChI=1S/C12H14N2O5/c1-14(9-6-19-5-8(9)12(17)18)11(16)7-2-3-13-4-10(7)15/h2-4,8-9,15H,5-6H2,1H3,(H,17,18). The van der Waals surface area contributed by atoms with E-state index in [0.29, 0.717) is 0 Å². The maximum absolute atomic E-state index is 12.2. The molecule has 1 aromatic heterocycles. The average molecular weight is 266 g/mol. The van der Waals surface area contributed by atoms with Crippen LogP contribution in [-0.2, 0) is 9.53 Å². The Kier molecular flexibility index (Phi) is 3.66. The van der Waals surface area contributed by atoms with Crippen LogP contribution in [0.2, 0.25) is 0 Å². The number of hydrogen-bond acceptors (Lipinski definition) is 5. The van der Waals surface area contributed by atoms with Gasteiger partial charge in [0.25, 0.3) is 5.91 Å². The van der Waals surface area contributed by atoms with E-state index in [0.717, 1.165) is 0 Å². The van der Waals surface area contributed by atoms with Crippen LogP contribution in [0.15, 0.2) is 18.5 Å². The van der Waals surface area contributed by atoms with Crippen LogP contribution < -0.4 is 0 Å². The topological polar surface area (TPSA) is 100.0 Å². The highest BCUT2D eigenvalue weighted by atomic mass is 16.5. The number of ether oxygens (including phenoxy) is 1. The van der Waals surface area contributed by atoms with Crippen molar-refractivity contribution < 1.29 is 24.5 Å². The lowest BCUT2D eigenvalue weighted by molar-refractivity contribution is -0.142. The second kappa shape index (κ2) is 5.23. The number of rotatable bonds is 3. The number of nitrogens with zero attached hydrogens (tertiary/aromatic N) is 2. The predicted molar refractivity (Wildman–Crippen MR) is 63.7 cm³/mol. The van der Waals surface area contributed by atoms with Crippen LogP contribution in [-0.4, -0.2) is 58.3 Å². The summed E-state index contributed by atoms with van der Waals surface area (Å²) < 4.78 is 5.12. The quantitative estimate of drug-likeness (QED) is 0.796. The van der Waals surface area contributed by atoms with Gasteiger partial charge in [-0.1, -0.05) is 0 Å². The van der Waals surface area contributed by atoms with Gasteiger partial charge in [0.05, 0.1) is 31.0 Å². The number of aliphatic carboxylic acids is 1. The van der Waals surface area contributed by atoms with E-state index in [9.17, 15) is 14.7 Å². The minimum absolute atomic E-state index is 0.0833. The summed E-state index contributed by atoms with van der Waals surface area (Å²) in [5, 5.41) is 18.7. The number of pyridine rings is 1. The average Bonchev–Trinajstić information content (AvgIpc) is 2.87. The zero-order valence-corrected chi connectivity index (χ0v) is 10.3. The van der Waals surface area contributed by atoms with Crippen molar-refractivity contribution in [3.05, 3.63) is 24.0 Å². The molecule has 0 radical (unpaired) electrons. The Morgan fingerprint density at radius 1 is 1.47 bits per heavy atom. The first-order chi connectivity index (χ1) is 9.02. The fourth-order valence-corrected chi connectivity index (χ4v) is 2.07. The number of carbonyl (C=O) groups is 2. The first-order valence-electron chi connectivity index (χ1n) is 5.73. The summed E-state index contributed by atoms with van der Waals surface area (Å²) in [7, 11) is 1.50. The van der Waals surface area contributed by atoms with Gasteiger partial charge in [-0.15, -0.1) is 0 Å². The first kappa shape index (κ1) is 13.3. The van der Waals surface area contributed by atoms with Crippen LogP contribution in [0.4, 0.5) is 0 Å². The molecule has 19 heavy (non-hydrogen) atoms. The van der Waals surface area contributed by atoms with Crippen molar-refractivity contribution in [2.24, 2.45) is 5.92 Å². The zero-order valence-electron chi connectivity index (χ0n) is 10.3. The molecule has 2 N–H and O–H groups in total. The molecule has 2 atom stereocenters. The van der Waals surface area contributed by atoms with Crippen molar-refractivity contribution in [1.29, 1.82) is 0 Å². The van der Waals surface area contributed by atoms with E-state index in [4.69, 9.17) is 9.84 Å². The van der Waals surface area contributed by atoms with Crippen LogP contribution in [0.1, 0.15) is 10.4 Å². The van der Waals surface area contributed by atoms with Crippen molar-refractivity contribution in [2.45, 2.75) is 6.04 Å². The number of carboxylic acid groups (broad SMARTS) is 1. The van der Waals surface area contributed by atoms with E-state index < -0.39 is 23.8 Å². The van der Waals surface area contributed by atoms with E-state index in [-0.39, 0.29) is 24.5 Å². The van der Waals surface area contributed by atoms with Gasteiger partial charge in [0, 0.05) is 13.2 Å². The van der Waals surface area contributed by atoms with Gasteiger partial charge < -0.3 is 19.8 Å². The number of aromatic nitrogens is 1. The lowest BCUT2D eigenvalue weighted by atomic mass is 10.0. The van der Waals surface area contributed by atoms with Crippen LogP contribution in [0.3, 0.4) is 0 Å². The molecule has 1 fully saturated rings. The Bertz CT molecular complexity index is 505. The normalized spacial score (nSPS) is 22.2. The molecule has 7 nitrogen and oxygen atoms in total. The van der Waals surface area contributed by atoms with Crippen molar-refractivity contribution in [3.8, 4) is 5.75 Å². The minimum atomic E-state index is -0.999. The third kappa shape index (κ3) is 2.50. The Labute approximate surface area is 109 Å². The number of aromatic hydroxyl groups is 1. The van der Waals surface area contributed by atoms with Crippen molar-refractivity contribution in [1.82, 2.24) is 9.88 Å². The maximum atomic E-state index is 12.2. The fraction of sp³-hybridized carbons (Fsp3) is 0.417. The summed E-state index contributed by atoms with van der Waals surface area (Å²) in [6, 6.07) is 0.845. The lowest BCUT2D eigenvalue weighted by Gasteiger charge is -2.26. The molecule has 2 rings (SSSR count). The van der Waals surface area contributed by atoms with Crippen molar-refractivity contribution in [2.75, 3.05) is 20.3 Å². The second-order valence-corrected chi connectivity index (χ2v) is 4.36. The molecule has 2 unspecified atom stereocenters. The van der Waals surface area contributed by atoms with Gasteiger partial charge in [-0.3, -0.25) is 14.6 Å². The highest BCUT2D eigenvalue weighted by Crippen LogP contribution is 2.23. The van der Waals surface area contributed by atoms with Gasteiger partial charge in [-0.05, 0) is 6.07 Å². The summed E-state index contributed by atoms with van der Waals surface area (Å²) in [4.78, 5) is 28.3. The van der Waals surface area contributed by atoms with Crippen LogP contribution >= 0.6 is 0 Å². The monoisotopic (exact) mass is 266 g/mol. The van der Waals surface area contributed by atoms with Crippen molar-refractivity contribution in [3.63, 3.8) is 0 Å². The van der Waals surface area contributed by atoms with Gasteiger partial charge in [0.2, 0.25) is 0 Å². The van der Waals surface area contributed by atoms with E-state index in [1.807, 2.05) is 0 Å². The van der Waals surface area contributed by atoms with Crippen molar-refractivity contribution >= 4 is 11.9 Å². The van der Waals surface area contributed by atoms with Gasteiger partial charge in [0.1, 0.15) is 11.7 Å². The van der Waals surface area contributed by atoms with Gasteiger partial charge in [0.15, 0.2) is 0 Å². The highest BCUT2D eigenvalue weighted by molar-refractivity contribution is 5.97. The third-order valence-corrected chi connectivity index (χ3v) is 3.22. The summed E-state index contributed by atoms with van der Waals surface area (Å²) in [5.74, 6) is -2.44. The first-order valence-corrected chi connectivity index (χ1v) is 5.73. The van der Waals surface area contributed by atoms with Gasteiger partial charge in [-0.2, -0.15) is 0 Å². The SMILES string of the molecule is CN(C(=O)c1ccncc1O)C1COCC1C(=O)O. The van der Waals surface area contributed by atoms with Gasteiger partial charge in [-0.25, -0.2) is 0 Å². The van der Waals surface area contributed by atoms with Crippen LogP contribution in [0.5, 0.6) is 5.75 Å². The molecule has 1 amide bonds. The smallest absolute Gasteiger partial charge is 0.311 e. The molecule has 1 aromatic rings. The molecule has 102 valence electrons. The minimum Gasteiger partial charge on any atom is -0.505 e.